The molecule has 62 heavy (non-hydrogen) atoms. The number of benzene rings is 1. The largest absolute Gasteiger partial charge is 0.507 e. The topological polar surface area (TPSA) is 98.7 Å². The van der Waals surface area contributed by atoms with Crippen molar-refractivity contribution in [3.63, 3.8) is 0 Å². The number of aliphatic hydroxyl groups is 1. The summed E-state index contributed by atoms with van der Waals surface area (Å²) in [5, 5.41) is 29.6. The van der Waals surface area contributed by atoms with E-state index < -0.39 is 5.78 Å². The van der Waals surface area contributed by atoms with Crippen LogP contribution in [0, 0.1) is 0 Å². The fourth-order valence-corrected chi connectivity index (χ4v) is 9.40. The van der Waals surface area contributed by atoms with Crippen LogP contribution in [-0.4, -0.2) is 34.9 Å². The van der Waals surface area contributed by atoms with Crippen molar-refractivity contribution in [3.8, 4) is 5.75 Å². The van der Waals surface area contributed by atoms with Gasteiger partial charge < -0.3 is 20.8 Å². The molecule has 2 aliphatic rings. The number of nitrogens with one attached hydrogen (secondary N) is 2. The van der Waals surface area contributed by atoms with Gasteiger partial charge in [0.25, 0.3) is 0 Å². The number of Topliss-reactive ketones (excluding diaryl/α,β-unsaturated/α-hetero) is 2. The van der Waals surface area contributed by atoms with Crippen molar-refractivity contribution >= 4 is 22.8 Å². The molecule has 0 atom stereocenters. The smallest absolute Gasteiger partial charge is 0.202 e. The Morgan fingerprint density at radius 2 is 0.839 bits per heavy atom. The normalized spacial score (nSPS) is 15.3. The third-order valence-electron chi connectivity index (χ3n) is 13.4. The summed E-state index contributed by atoms with van der Waals surface area (Å²) in [6.45, 7) is 10.1. The minimum atomic E-state index is -0.401. The van der Waals surface area contributed by atoms with Crippen LogP contribution in [0.4, 0.5) is 5.69 Å². The molecule has 1 aromatic carbocycles. The van der Waals surface area contributed by atoms with Gasteiger partial charge in [0.05, 0.1) is 11.1 Å². The lowest BCUT2D eigenvalue weighted by Gasteiger charge is -2.27. The molecule has 4 N–H and O–H groups in total. The van der Waals surface area contributed by atoms with Gasteiger partial charge in [-0.15, -0.1) is 0 Å². The predicted molar refractivity (Wildman–Crippen MR) is 266 cm³/mol. The SMILES string of the molecule is CCCCCCCCCCCCCCCCCCNC1=C(CC)C(=O)/C(=C2\C(=O)C(c3ccc(NCCCCCCCCCCCCCCCCCC)c(CC)c3O)=C2O)C=C1. The van der Waals surface area contributed by atoms with Crippen molar-refractivity contribution < 1.29 is 19.8 Å². The van der Waals surface area contributed by atoms with Gasteiger partial charge in [0, 0.05) is 46.7 Å². The van der Waals surface area contributed by atoms with Gasteiger partial charge in [-0.25, -0.2) is 0 Å². The van der Waals surface area contributed by atoms with E-state index in [9.17, 15) is 19.8 Å². The molecule has 0 unspecified atom stereocenters. The molecule has 0 saturated carbocycles. The second-order valence-electron chi connectivity index (χ2n) is 18.6. The molecule has 6 nitrogen and oxygen atoms in total. The minimum absolute atomic E-state index is 0.0173. The molecule has 0 amide bonds. The third kappa shape index (κ3) is 18.8. The van der Waals surface area contributed by atoms with Gasteiger partial charge in [0.2, 0.25) is 5.78 Å². The number of allylic oxidation sites excluding steroid dienone is 6. The highest BCUT2D eigenvalue weighted by Crippen LogP contribution is 2.45. The third-order valence-corrected chi connectivity index (χ3v) is 13.4. The molecule has 6 heteroatoms. The Bertz CT molecular complexity index is 1570. The van der Waals surface area contributed by atoms with Gasteiger partial charge in [0.1, 0.15) is 11.5 Å². The van der Waals surface area contributed by atoms with E-state index in [1.807, 2.05) is 26.0 Å². The number of aromatic hydroxyl groups is 1. The molecule has 0 radical (unpaired) electrons. The van der Waals surface area contributed by atoms with Gasteiger partial charge in [-0.05, 0) is 50.0 Å². The number of rotatable bonds is 39. The minimum Gasteiger partial charge on any atom is -0.507 e. The molecule has 0 saturated heterocycles. The molecule has 0 heterocycles. The van der Waals surface area contributed by atoms with Crippen molar-refractivity contribution in [1.29, 1.82) is 0 Å². The lowest BCUT2D eigenvalue weighted by atomic mass is 9.77. The molecule has 0 spiro atoms. The highest BCUT2D eigenvalue weighted by molar-refractivity contribution is 6.41. The van der Waals surface area contributed by atoms with E-state index in [2.05, 4.69) is 24.5 Å². The first-order valence-electron chi connectivity index (χ1n) is 26.4. The maximum absolute atomic E-state index is 13.7. The number of carbonyl (C=O) groups is 2. The Kier molecular flexibility index (Phi) is 28.5. The fraction of sp³-hybridized carbons (Fsp3) is 0.714. The molecule has 0 aliphatic heterocycles. The Hall–Kier alpha value is -3.28. The zero-order chi connectivity index (χ0) is 44.6. The number of phenols is 1. The van der Waals surface area contributed by atoms with Gasteiger partial charge in [0.15, 0.2) is 5.78 Å². The van der Waals surface area contributed by atoms with Crippen molar-refractivity contribution in [3.05, 3.63) is 63.6 Å². The monoisotopic (exact) mass is 857 g/mol. The highest BCUT2D eigenvalue weighted by Gasteiger charge is 2.40. The maximum Gasteiger partial charge on any atom is 0.202 e. The molecule has 2 aliphatic carbocycles. The van der Waals surface area contributed by atoms with Crippen LogP contribution in [0.1, 0.15) is 251 Å². The summed E-state index contributed by atoms with van der Waals surface area (Å²) < 4.78 is 0. The first kappa shape index (κ1) is 53.1. The first-order chi connectivity index (χ1) is 30.4. The number of unbranched alkanes of at least 4 members (excludes halogenated alkanes) is 30. The van der Waals surface area contributed by atoms with E-state index in [-0.39, 0.29) is 34.0 Å². The number of carbonyl (C=O) groups excluding carboxylic acids is 2. The number of aliphatic hydroxyl groups excluding tert-OH is 1. The van der Waals surface area contributed by atoms with Crippen LogP contribution in [0.5, 0.6) is 5.75 Å². The van der Waals surface area contributed by atoms with Gasteiger partial charge in [-0.3, -0.25) is 9.59 Å². The summed E-state index contributed by atoms with van der Waals surface area (Å²) in [5.74, 6) is -0.815. The van der Waals surface area contributed by atoms with Crippen molar-refractivity contribution in [2.45, 2.75) is 246 Å². The Labute approximate surface area is 380 Å². The van der Waals surface area contributed by atoms with Crippen molar-refractivity contribution in [1.82, 2.24) is 5.32 Å². The quantitative estimate of drug-likeness (QED) is 0.0389. The first-order valence-corrected chi connectivity index (χ1v) is 26.4. The predicted octanol–water partition coefficient (Wildman–Crippen LogP) is 16.4. The van der Waals surface area contributed by atoms with Crippen LogP contribution in [0.3, 0.4) is 0 Å². The molecule has 3 rings (SSSR count). The lowest BCUT2D eigenvalue weighted by Crippen LogP contribution is -2.28. The average molecular weight is 857 g/mol. The number of ketones is 2. The number of anilines is 1. The zero-order valence-corrected chi connectivity index (χ0v) is 40.5. The highest BCUT2D eigenvalue weighted by atomic mass is 16.3. The summed E-state index contributed by atoms with van der Waals surface area (Å²) in [5.41, 5.74) is 3.73. The molecular formula is C56H92N2O4. The molecule has 1 aromatic rings. The van der Waals surface area contributed by atoms with Crippen molar-refractivity contribution in [2.24, 2.45) is 0 Å². The number of hydrogen-bond donors (Lipinski definition) is 4. The van der Waals surface area contributed by atoms with E-state index in [0.29, 0.717) is 24.0 Å². The maximum atomic E-state index is 13.7. The number of phenolic OH excluding ortho intramolecular Hbond substituents is 1. The Morgan fingerprint density at radius 1 is 0.435 bits per heavy atom. The van der Waals surface area contributed by atoms with Crippen LogP contribution in [0.15, 0.2) is 52.5 Å². The number of hydrogen-bond acceptors (Lipinski definition) is 6. The van der Waals surface area contributed by atoms with Crippen LogP contribution in [0.25, 0.3) is 5.57 Å². The summed E-state index contributed by atoms with van der Waals surface area (Å²) in [6.07, 6.45) is 47.5. The Balaban J connectivity index is 1.35. The lowest BCUT2D eigenvalue weighted by molar-refractivity contribution is -0.114. The van der Waals surface area contributed by atoms with Crippen LogP contribution < -0.4 is 10.6 Å². The van der Waals surface area contributed by atoms with Gasteiger partial charge in [-0.2, -0.15) is 0 Å². The molecule has 0 aromatic heterocycles. The summed E-state index contributed by atoms with van der Waals surface area (Å²) >= 11 is 0. The van der Waals surface area contributed by atoms with E-state index in [1.165, 1.54) is 193 Å². The van der Waals surface area contributed by atoms with Gasteiger partial charge in [-0.1, -0.05) is 220 Å². The van der Waals surface area contributed by atoms with E-state index in [1.54, 1.807) is 12.1 Å². The molecule has 0 fully saturated rings. The van der Waals surface area contributed by atoms with Crippen LogP contribution >= 0.6 is 0 Å². The van der Waals surface area contributed by atoms with Crippen LogP contribution in [0.2, 0.25) is 0 Å². The van der Waals surface area contributed by atoms with Crippen LogP contribution in [-0.2, 0) is 16.0 Å². The Morgan fingerprint density at radius 3 is 1.23 bits per heavy atom. The van der Waals surface area contributed by atoms with E-state index in [0.717, 1.165) is 42.9 Å². The van der Waals surface area contributed by atoms with E-state index in [4.69, 9.17) is 0 Å². The molecule has 0 bridgehead atoms. The standard InChI is InChI=1S/C56H92N2O4/c1-5-9-11-13-15-17-19-21-23-25-27-29-31-33-35-37-43-57-49-41-39-47(53(59)45(49)7-3)51-55(61)52(56(51)62)48-40-42-50(46(8-4)54(48)60)58-44-38-36-34-32-30-28-26-24-22-20-18-16-14-12-10-6-2/h39-42,57-59,61H,5-38,43-44H2,1-4H3/b52-48-. The summed E-state index contributed by atoms with van der Waals surface area (Å²) in [6, 6.07) is 3.62. The second kappa shape index (κ2) is 33.3. The van der Waals surface area contributed by atoms with Crippen molar-refractivity contribution in [2.75, 3.05) is 18.4 Å². The molecule has 350 valence electrons. The zero-order valence-electron chi connectivity index (χ0n) is 40.5. The summed E-state index contributed by atoms with van der Waals surface area (Å²) in [7, 11) is 0. The fourth-order valence-electron chi connectivity index (χ4n) is 9.40. The average Bonchev–Trinajstić information content (AvgIpc) is 3.27. The second-order valence-corrected chi connectivity index (χ2v) is 18.6. The van der Waals surface area contributed by atoms with E-state index >= 15 is 0 Å². The summed E-state index contributed by atoms with van der Waals surface area (Å²) in [4.78, 5) is 27.3. The molecular weight excluding hydrogens is 765 g/mol. The van der Waals surface area contributed by atoms with Gasteiger partial charge >= 0.3 is 0 Å².